The molecule has 0 aromatic rings. The van der Waals surface area contributed by atoms with E-state index in [1.807, 2.05) is 6.92 Å². The Morgan fingerprint density at radius 1 is 1.78 bits per heavy atom. The van der Waals surface area contributed by atoms with Gasteiger partial charge in [-0.2, -0.15) is 0 Å². The topological polar surface area (TPSA) is 66.9 Å². The van der Waals surface area contributed by atoms with Crippen molar-refractivity contribution in [2.45, 2.75) is 32.2 Å². The molecule has 0 saturated carbocycles. The molecular formula is C6H13N2O. The lowest BCUT2D eigenvalue weighted by molar-refractivity contribution is -0.118. The molecule has 3 N–H and O–H groups in total. The highest BCUT2D eigenvalue weighted by Gasteiger charge is 1.96. The number of amides is 1. The third-order valence-electron chi connectivity index (χ3n) is 1.06. The van der Waals surface area contributed by atoms with Gasteiger partial charge in [-0.15, -0.1) is 0 Å². The maximum Gasteiger partial charge on any atom is 0.238 e. The number of nitrogens with one attached hydrogen (secondary N) is 1. The molecule has 53 valence electrons. The number of nitrogens with two attached hydrogens (primary N) is 1. The fraction of sp³-hybridized carbons (Fsp3) is 0.833. The van der Waals surface area contributed by atoms with Crippen molar-refractivity contribution in [2.24, 2.45) is 5.73 Å². The van der Waals surface area contributed by atoms with Crippen LogP contribution in [-0.2, 0) is 4.79 Å². The summed E-state index contributed by atoms with van der Waals surface area (Å²) in [4.78, 5) is 10.1. The van der Waals surface area contributed by atoms with Crippen molar-refractivity contribution in [3.05, 3.63) is 0 Å². The first kappa shape index (κ1) is 8.43. The average Bonchev–Trinajstić information content (AvgIpc) is 1.63. The molecule has 1 amide bonds. The Balaban J connectivity index is 3.01. The Morgan fingerprint density at radius 3 is 2.67 bits per heavy atom. The molecule has 0 bridgehead atoms. The molecule has 0 aromatic heterocycles. The first-order valence-corrected chi connectivity index (χ1v) is 3.13. The molecule has 0 heterocycles. The standard InChI is InChI=1S/C6H13N2O/c1-5(7)3-2-4-6(8)9/h5,8H,2-4,7H2,1H3. The third-order valence-corrected chi connectivity index (χ3v) is 1.06. The summed E-state index contributed by atoms with van der Waals surface area (Å²) < 4.78 is 0. The van der Waals surface area contributed by atoms with Crippen molar-refractivity contribution in [3.8, 4) is 0 Å². The smallest absolute Gasteiger partial charge is 0.238 e. The molecule has 0 aliphatic carbocycles. The van der Waals surface area contributed by atoms with E-state index in [0.717, 1.165) is 12.8 Å². The third kappa shape index (κ3) is 7.43. The van der Waals surface area contributed by atoms with Crippen molar-refractivity contribution in [1.29, 1.82) is 0 Å². The van der Waals surface area contributed by atoms with Crippen LogP contribution in [-0.4, -0.2) is 11.9 Å². The van der Waals surface area contributed by atoms with E-state index in [1.54, 1.807) is 0 Å². The van der Waals surface area contributed by atoms with Gasteiger partial charge in [0.1, 0.15) is 0 Å². The van der Waals surface area contributed by atoms with Gasteiger partial charge in [-0.1, -0.05) is 0 Å². The fourth-order valence-electron chi connectivity index (χ4n) is 0.585. The maximum atomic E-state index is 10.1. The Morgan fingerprint density at radius 2 is 2.33 bits per heavy atom. The highest BCUT2D eigenvalue weighted by atomic mass is 16.1. The van der Waals surface area contributed by atoms with Crippen molar-refractivity contribution in [3.63, 3.8) is 0 Å². The van der Waals surface area contributed by atoms with E-state index in [2.05, 4.69) is 0 Å². The summed E-state index contributed by atoms with van der Waals surface area (Å²) in [5.41, 5.74) is 11.9. The van der Waals surface area contributed by atoms with Crippen molar-refractivity contribution < 1.29 is 4.79 Å². The van der Waals surface area contributed by atoms with E-state index in [-0.39, 0.29) is 6.04 Å². The number of hydrogen-bond donors (Lipinski definition) is 1. The SMILES string of the molecule is CC(N)CCCC([NH])=O. The Labute approximate surface area is 55.4 Å². The Hall–Kier alpha value is -0.570. The number of carbonyl (C=O) groups excluding carboxylic acids is 1. The van der Waals surface area contributed by atoms with Crippen LogP contribution in [0.2, 0.25) is 0 Å². The molecule has 0 aromatic carbocycles. The molecule has 0 aliphatic heterocycles. The summed E-state index contributed by atoms with van der Waals surface area (Å²) in [6.45, 7) is 1.90. The molecule has 3 nitrogen and oxygen atoms in total. The van der Waals surface area contributed by atoms with Crippen molar-refractivity contribution >= 4 is 5.91 Å². The lowest BCUT2D eigenvalue weighted by atomic mass is 10.1. The van der Waals surface area contributed by atoms with Gasteiger partial charge in [0.2, 0.25) is 5.91 Å². The number of hydrogen-bond acceptors (Lipinski definition) is 2. The minimum Gasteiger partial charge on any atom is -0.328 e. The van der Waals surface area contributed by atoms with Crippen LogP contribution in [0.1, 0.15) is 26.2 Å². The summed E-state index contributed by atoms with van der Waals surface area (Å²) in [5, 5.41) is 0. The molecule has 1 radical (unpaired) electrons. The molecule has 0 saturated heterocycles. The highest BCUT2D eigenvalue weighted by molar-refractivity contribution is 5.72. The zero-order valence-electron chi connectivity index (χ0n) is 5.68. The van der Waals surface area contributed by atoms with Crippen LogP contribution >= 0.6 is 0 Å². The zero-order chi connectivity index (χ0) is 7.28. The van der Waals surface area contributed by atoms with Crippen LogP contribution < -0.4 is 11.5 Å². The second kappa shape index (κ2) is 4.32. The molecular weight excluding hydrogens is 116 g/mol. The van der Waals surface area contributed by atoms with E-state index in [9.17, 15) is 4.79 Å². The molecule has 0 spiro atoms. The van der Waals surface area contributed by atoms with Gasteiger partial charge < -0.3 is 5.73 Å². The summed E-state index contributed by atoms with van der Waals surface area (Å²) in [7, 11) is 0. The maximum absolute atomic E-state index is 10.1. The van der Waals surface area contributed by atoms with Gasteiger partial charge in [-0.25, -0.2) is 0 Å². The number of rotatable bonds is 4. The van der Waals surface area contributed by atoms with Crippen LogP contribution in [0, 0.1) is 0 Å². The lowest BCUT2D eigenvalue weighted by Crippen LogP contribution is -2.14. The largest absolute Gasteiger partial charge is 0.328 e. The quantitative estimate of drug-likeness (QED) is 0.593. The van der Waals surface area contributed by atoms with E-state index in [1.165, 1.54) is 0 Å². The van der Waals surface area contributed by atoms with Gasteiger partial charge in [0.05, 0.1) is 0 Å². The molecule has 1 unspecified atom stereocenters. The monoisotopic (exact) mass is 129 g/mol. The van der Waals surface area contributed by atoms with Gasteiger partial charge in [0.15, 0.2) is 0 Å². The molecule has 1 atom stereocenters. The predicted molar refractivity (Wildman–Crippen MR) is 35.6 cm³/mol. The summed E-state index contributed by atoms with van der Waals surface area (Å²) in [6, 6.07) is 0.157. The predicted octanol–water partition coefficient (Wildman–Crippen LogP) is 0.313. The van der Waals surface area contributed by atoms with Crippen molar-refractivity contribution in [1.82, 2.24) is 5.73 Å². The van der Waals surface area contributed by atoms with E-state index < -0.39 is 5.91 Å². The van der Waals surface area contributed by atoms with E-state index >= 15 is 0 Å². The second-order valence-corrected chi connectivity index (χ2v) is 2.29. The van der Waals surface area contributed by atoms with Gasteiger partial charge >= 0.3 is 0 Å². The summed E-state index contributed by atoms with van der Waals surface area (Å²) in [6.07, 6.45) is 1.94. The van der Waals surface area contributed by atoms with Gasteiger partial charge in [-0.3, -0.25) is 10.5 Å². The van der Waals surface area contributed by atoms with Crippen LogP contribution in [0.4, 0.5) is 0 Å². The molecule has 0 aliphatic rings. The first-order valence-electron chi connectivity index (χ1n) is 3.13. The summed E-state index contributed by atoms with van der Waals surface area (Å²) in [5.74, 6) is -0.490. The Bertz CT molecular complexity index is 91.1. The fourth-order valence-corrected chi connectivity index (χ4v) is 0.585. The minimum absolute atomic E-state index is 0.157. The second-order valence-electron chi connectivity index (χ2n) is 2.29. The van der Waals surface area contributed by atoms with Crippen molar-refractivity contribution in [2.75, 3.05) is 0 Å². The Kier molecular flexibility index (Phi) is 4.05. The summed E-state index contributed by atoms with van der Waals surface area (Å²) >= 11 is 0. The molecule has 3 heteroatoms. The number of carbonyl (C=O) groups is 1. The minimum atomic E-state index is -0.490. The van der Waals surface area contributed by atoms with Crippen LogP contribution in [0.25, 0.3) is 0 Å². The normalized spacial score (nSPS) is 13.1. The first-order chi connectivity index (χ1) is 4.13. The van der Waals surface area contributed by atoms with Gasteiger partial charge in [0, 0.05) is 12.5 Å². The molecule has 0 rings (SSSR count). The lowest BCUT2D eigenvalue weighted by Gasteiger charge is -2.00. The molecule has 0 fully saturated rings. The van der Waals surface area contributed by atoms with Crippen LogP contribution in [0.15, 0.2) is 0 Å². The highest BCUT2D eigenvalue weighted by Crippen LogP contribution is 1.96. The average molecular weight is 129 g/mol. The van der Waals surface area contributed by atoms with Crippen LogP contribution in [0.5, 0.6) is 0 Å². The van der Waals surface area contributed by atoms with E-state index in [4.69, 9.17) is 11.5 Å². The molecule has 9 heavy (non-hydrogen) atoms. The van der Waals surface area contributed by atoms with Gasteiger partial charge in [0.25, 0.3) is 0 Å². The van der Waals surface area contributed by atoms with Gasteiger partial charge in [-0.05, 0) is 19.8 Å². The zero-order valence-corrected chi connectivity index (χ0v) is 5.68. The van der Waals surface area contributed by atoms with Crippen LogP contribution in [0.3, 0.4) is 0 Å². The van der Waals surface area contributed by atoms with E-state index in [0.29, 0.717) is 6.42 Å².